The first-order valence-electron chi connectivity index (χ1n) is 5.57. The Balaban J connectivity index is 2.24. The summed E-state index contributed by atoms with van der Waals surface area (Å²) in [6, 6.07) is -0.147. The lowest BCUT2D eigenvalue weighted by Gasteiger charge is -2.19. The second kappa shape index (κ2) is 4.91. The van der Waals surface area contributed by atoms with Crippen molar-refractivity contribution < 1.29 is 24.2 Å². The molecule has 6 heteroatoms. The van der Waals surface area contributed by atoms with Gasteiger partial charge in [-0.05, 0) is 34.1 Å². The number of ether oxygens (including phenoxy) is 2. The molecule has 0 bridgehead atoms. The third-order valence-electron chi connectivity index (χ3n) is 2.16. The molecule has 1 aliphatic carbocycles. The molecular formula is C11H19NO5. The van der Waals surface area contributed by atoms with Crippen molar-refractivity contribution in [2.24, 2.45) is 0 Å². The minimum absolute atomic E-state index is 0.147. The number of carbonyl (C=O) groups excluding carboxylic acids is 1. The largest absolute Gasteiger partial charge is 0.479 e. The number of amides is 1. The van der Waals surface area contributed by atoms with Crippen molar-refractivity contribution >= 4 is 12.1 Å². The summed E-state index contributed by atoms with van der Waals surface area (Å²) >= 11 is 0. The molecule has 2 N–H and O–H groups in total. The van der Waals surface area contributed by atoms with E-state index in [1.807, 2.05) is 0 Å². The second-order valence-corrected chi connectivity index (χ2v) is 5.14. The summed E-state index contributed by atoms with van der Waals surface area (Å²) < 4.78 is 10.3. The standard InChI is InChI=1S/C11H19NO5/c1-6(9(13)14)16-8-5-7(8)12-10(15)17-11(2,3)4/h6-8H,5H2,1-4H3,(H,12,15)(H,13,14). The van der Waals surface area contributed by atoms with Crippen LogP contribution in [0.25, 0.3) is 0 Å². The highest BCUT2D eigenvalue weighted by Crippen LogP contribution is 2.27. The van der Waals surface area contributed by atoms with Gasteiger partial charge in [0.15, 0.2) is 6.10 Å². The van der Waals surface area contributed by atoms with Crippen LogP contribution < -0.4 is 5.32 Å². The van der Waals surface area contributed by atoms with Gasteiger partial charge >= 0.3 is 12.1 Å². The Labute approximate surface area is 100 Å². The third kappa shape index (κ3) is 5.04. The number of hydrogen-bond donors (Lipinski definition) is 2. The molecule has 0 aromatic rings. The predicted octanol–water partition coefficient (Wildman–Crippen LogP) is 1.14. The summed E-state index contributed by atoms with van der Waals surface area (Å²) in [5.74, 6) is -1.01. The SMILES string of the molecule is CC(OC1CC1NC(=O)OC(C)(C)C)C(=O)O. The molecule has 98 valence electrons. The zero-order valence-electron chi connectivity index (χ0n) is 10.5. The van der Waals surface area contributed by atoms with Crippen LogP contribution in [0.5, 0.6) is 0 Å². The van der Waals surface area contributed by atoms with Crippen LogP contribution in [0.2, 0.25) is 0 Å². The maximum Gasteiger partial charge on any atom is 0.407 e. The first-order valence-corrected chi connectivity index (χ1v) is 5.57. The van der Waals surface area contributed by atoms with E-state index in [0.717, 1.165) is 0 Å². The van der Waals surface area contributed by atoms with E-state index in [1.54, 1.807) is 20.8 Å². The summed E-state index contributed by atoms with van der Waals surface area (Å²) in [6.45, 7) is 6.80. The van der Waals surface area contributed by atoms with E-state index >= 15 is 0 Å². The van der Waals surface area contributed by atoms with E-state index < -0.39 is 23.8 Å². The van der Waals surface area contributed by atoms with E-state index in [2.05, 4.69) is 5.32 Å². The first kappa shape index (κ1) is 13.8. The van der Waals surface area contributed by atoms with E-state index in [0.29, 0.717) is 6.42 Å². The van der Waals surface area contributed by atoms with Gasteiger partial charge in [-0.2, -0.15) is 0 Å². The summed E-state index contributed by atoms with van der Waals surface area (Å²) in [4.78, 5) is 21.9. The molecule has 0 spiro atoms. The van der Waals surface area contributed by atoms with Crippen molar-refractivity contribution in [3.05, 3.63) is 0 Å². The van der Waals surface area contributed by atoms with Gasteiger partial charge in [-0.25, -0.2) is 9.59 Å². The number of aliphatic carboxylic acids is 1. The van der Waals surface area contributed by atoms with Crippen LogP contribution >= 0.6 is 0 Å². The zero-order valence-corrected chi connectivity index (χ0v) is 10.5. The lowest BCUT2D eigenvalue weighted by molar-refractivity contribution is -0.150. The van der Waals surface area contributed by atoms with E-state index in [9.17, 15) is 9.59 Å². The molecule has 0 aromatic carbocycles. The normalized spacial score (nSPS) is 24.9. The Hall–Kier alpha value is -1.30. The average molecular weight is 245 g/mol. The molecule has 0 saturated heterocycles. The third-order valence-corrected chi connectivity index (χ3v) is 2.16. The van der Waals surface area contributed by atoms with Crippen LogP contribution in [0.1, 0.15) is 34.1 Å². The van der Waals surface area contributed by atoms with Crippen LogP contribution in [0.15, 0.2) is 0 Å². The fourth-order valence-electron chi connectivity index (χ4n) is 1.25. The van der Waals surface area contributed by atoms with Crippen molar-refractivity contribution in [1.29, 1.82) is 0 Å². The minimum Gasteiger partial charge on any atom is -0.479 e. The van der Waals surface area contributed by atoms with Crippen LogP contribution in [-0.2, 0) is 14.3 Å². The lowest BCUT2D eigenvalue weighted by atomic mass is 10.2. The van der Waals surface area contributed by atoms with Crippen LogP contribution in [0.3, 0.4) is 0 Å². The Morgan fingerprint density at radius 1 is 1.41 bits per heavy atom. The smallest absolute Gasteiger partial charge is 0.407 e. The molecule has 0 aliphatic heterocycles. The van der Waals surface area contributed by atoms with Crippen LogP contribution in [0.4, 0.5) is 4.79 Å². The molecule has 1 amide bonds. The average Bonchev–Trinajstić information content (AvgIpc) is 2.79. The molecule has 3 atom stereocenters. The zero-order chi connectivity index (χ0) is 13.2. The van der Waals surface area contributed by atoms with Crippen molar-refractivity contribution in [3.8, 4) is 0 Å². The first-order chi connectivity index (χ1) is 7.69. The molecule has 0 heterocycles. The Bertz CT molecular complexity index is 309. The fraction of sp³-hybridized carbons (Fsp3) is 0.818. The minimum atomic E-state index is -1.01. The molecule has 1 fully saturated rings. The summed E-state index contributed by atoms with van der Waals surface area (Å²) in [6.07, 6.45) is -0.965. The summed E-state index contributed by atoms with van der Waals surface area (Å²) in [5, 5.41) is 11.3. The number of rotatable bonds is 4. The number of carbonyl (C=O) groups is 2. The van der Waals surface area contributed by atoms with Gasteiger partial charge in [0.25, 0.3) is 0 Å². The van der Waals surface area contributed by atoms with Gasteiger partial charge in [-0.3, -0.25) is 0 Å². The van der Waals surface area contributed by atoms with Crippen molar-refractivity contribution in [2.45, 2.75) is 58.0 Å². The van der Waals surface area contributed by atoms with Gasteiger partial charge in [0.05, 0.1) is 12.1 Å². The fourth-order valence-corrected chi connectivity index (χ4v) is 1.25. The number of alkyl carbamates (subject to hydrolysis) is 1. The number of carboxylic acid groups (broad SMARTS) is 1. The molecule has 1 rings (SSSR count). The monoisotopic (exact) mass is 245 g/mol. The molecule has 0 aromatic heterocycles. The summed E-state index contributed by atoms with van der Waals surface area (Å²) in [5.41, 5.74) is -0.538. The molecule has 6 nitrogen and oxygen atoms in total. The van der Waals surface area contributed by atoms with Crippen molar-refractivity contribution in [3.63, 3.8) is 0 Å². The Morgan fingerprint density at radius 2 is 2.00 bits per heavy atom. The second-order valence-electron chi connectivity index (χ2n) is 5.14. The Kier molecular flexibility index (Phi) is 3.98. The topological polar surface area (TPSA) is 84.9 Å². The number of carboxylic acids is 1. The van der Waals surface area contributed by atoms with Gasteiger partial charge in [0.2, 0.25) is 0 Å². The summed E-state index contributed by atoms with van der Waals surface area (Å²) in [7, 11) is 0. The number of nitrogens with one attached hydrogen (secondary N) is 1. The molecule has 0 radical (unpaired) electrons. The predicted molar refractivity (Wildman–Crippen MR) is 59.7 cm³/mol. The van der Waals surface area contributed by atoms with E-state index in [1.165, 1.54) is 6.92 Å². The van der Waals surface area contributed by atoms with Crippen LogP contribution in [0, 0.1) is 0 Å². The molecular weight excluding hydrogens is 226 g/mol. The van der Waals surface area contributed by atoms with Gasteiger partial charge in [0.1, 0.15) is 5.60 Å². The van der Waals surface area contributed by atoms with E-state index in [4.69, 9.17) is 14.6 Å². The van der Waals surface area contributed by atoms with Crippen LogP contribution in [-0.4, -0.2) is 41.0 Å². The quantitative estimate of drug-likeness (QED) is 0.775. The number of hydrogen-bond acceptors (Lipinski definition) is 4. The maximum absolute atomic E-state index is 11.4. The Morgan fingerprint density at radius 3 is 2.47 bits per heavy atom. The highest BCUT2D eigenvalue weighted by molar-refractivity contribution is 5.72. The molecule has 3 unspecified atom stereocenters. The van der Waals surface area contributed by atoms with Crippen molar-refractivity contribution in [2.75, 3.05) is 0 Å². The highest BCUT2D eigenvalue weighted by atomic mass is 16.6. The molecule has 17 heavy (non-hydrogen) atoms. The van der Waals surface area contributed by atoms with E-state index in [-0.39, 0.29) is 12.1 Å². The van der Waals surface area contributed by atoms with Gasteiger partial charge in [-0.15, -0.1) is 0 Å². The maximum atomic E-state index is 11.4. The van der Waals surface area contributed by atoms with Gasteiger partial charge in [-0.1, -0.05) is 0 Å². The molecule has 1 aliphatic rings. The van der Waals surface area contributed by atoms with Gasteiger partial charge in [0, 0.05) is 0 Å². The molecule has 1 saturated carbocycles. The van der Waals surface area contributed by atoms with Crippen molar-refractivity contribution in [1.82, 2.24) is 5.32 Å². The highest BCUT2D eigenvalue weighted by Gasteiger charge is 2.42. The van der Waals surface area contributed by atoms with Gasteiger partial charge < -0.3 is 19.9 Å². The lowest BCUT2D eigenvalue weighted by Crippen LogP contribution is -2.35.